The van der Waals surface area contributed by atoms with Crippen molar-refractivity contribution in [1.29, 1.82) is 0 Å². The fraction of sp³-hybridized carbons (Fsp3) is 0.353. The summed E-state index contributed by atoms with van der Waals surface area (Å²) in [5.74, 6) is -2.18. The number of halogens is 1. The summed E-state index contributed by atoms with van der Waals surface area (Å²) in [7, 11) is 0. The molecule has 0 aliphatic carbocycles. The van der Waals surface area contributed by atoms with Crippen molar-refractivity contribution in [1.82, 2.24) is 10.3 Å². The molecule has 3 heterocycles. The van der Waals surface area contributed by atoms with Crippen molar-refractivity contribution in [2.24, 2.45) is 0 Å². The summed E-state index contributed by atoms with van der Waals surface area (Å²) < 4.78 is 10.6. The van der Waals surface area contributed by atoms with Gasteiger partial charge in [-0.3, -0.25) is 0 Å². The maximum atomic E-state index is 12.4. The summed E-state index contributed by atoms with van der Waals surface area (Å²) in [4.78, 5) is 15.7. The van der Waals surface area contributed by atoms with Crippen LogP contribution < -0.4 is 5.32 Å². The first-order chi connectivity index (χ1) is 11.4. The molecule has 0 saturated heterocycles. The number of carbonyl (C=O) groups is 1. The van der Waals surface area contributed by atoms with Crippen LogP contribution in [0.25, 0.3) is 10.9 Å². The molecule has 0 amide bonds. The standard InChI is InChI=1S/C17H17ClN2O4/c1-17(2)23-15(21)12(16(22)24-17)14-13-9(5-6-19-14)10-7-8(18)3-4-11(10)20-13/h3-4,7,14,19-21H,5-6H2,1-2H3/t14-/m0/s1. The molecule has 2 aliphatic heterocycles. The van der Waals surface area contributed by atoms with E-state index in [1.54, 1.807) is 13.8 Å². The number of fused-ring (bicyclic) bond motifs is 3. The molecule has 126 valence electrons. The first-order valence-corrected chi connectivity index (χ1v) is 8.12. The predicted octanol–water partition coefficient (Wildman–Crippen LogP) is 3.09. The molecule has 0 unspecified atom stereocenters. The molecule has 4 rings (SSSR count). The van der Waals surface area contributed by atoms with Gasteiger partial charge in [0.25, 0.3) is 11.7 Å². The third kappa shape index (κ3) is 2.34. The largest absolute Gasteiger partial charge is 0.480 e. The zero-order valence-corrected chi connectivity index (χ0v) is 14.0. The van der Waals surface area contributed by atoms with E-state index >= 15 is 0 Å². The number of rotatable bonds is 1. The molecule has 1 aromatic carbocycles. The number of hydrogen-bond donors (Lipinski definition) is 3. The summed E-state index contributed by atoms with van der Waals surface area (Å²) in [6.07, 6.45) is 0.793. The number of aromatic nitrogens is 1. The number of aliphatic hydroxyl groups is 1. The highest BCUT2D eigenvalue weighted by atomic mass is 35.5. The Labute approximate surface area is 143 Å². The number of hydrogen-bond acceptors (Lipinski definition) is 5. The van der Waals surface area contributed by atoms with Crippen molar-refractivity contribution in [3.63, 3.8) is 0 Å². The van der Waals surface area contributed by atoms with Crippen molar-refractivity contribution in [2.45, 2.75) is 32.1 Å². The van der Waals surface area contributed by atoms with Crippen LogP contribution in [0.5, 0.6) is 0 Å². The topological polar surface area (TPSA) is 83.6 Å². The number of aromatic amines is 1. The minimum absolute atomic E-state index is 0.0768. The highest BCUT2D eigenvalue weighted by molar-refractivity contribution is 6.31. The molecular formula is C17H17ClN2O4. The Morgan fingerprint density at radius 3 is 2.88 bits per heavy atom. The maximum Gasteiger partial charge on any atom is 0.346 e. The van der Waals surface area contributed by atoms with Crippen LogP contribution in [0.2, 0.25) is 5.02 Å². The van der Waals surface area contributed by atoms with Crippen molar-refractivity contribution in [3.05, 3.63) is 46.0 Å². The van der Waals surface area contributed by atoms with Gasteiger partial charge in [-0.2, -0.15) is 0 Å². The van der Waals surface area contributed by atoms with E-state index in [2.05, 4.69) is 10.3 Å². The minimum Gasteiger partial charge on any atom is -0.480 e. The quantitative estimate of drug-likeness (QED) is 0.690. The molecule has 1 atom stereocenters. The van der Waals surface area contributed by atoms with E-state index in [9.17, 15) is 9.90 Å². The van der Waals surface area contributed by atoms with E-state index in [4.69, 9.17) is 21.1 Å². The van der Waals surface area contributed by atoms with Gasteiger partial charge in [0.1, 0.15) is 5.57 Å². The number of cyclic esters (lactones) is 1. The molecule has 2 aromatic rings. The summed E-state index contributed by atoms with van der Waals surface area (Å²) in [5.41, 5.74) is 2.91. The number of carbonyl (C=O) groups excluding carboxylic acids is 1. The first kappa shape index (κ1) is 15.4. The van der Waals surface area contributed by atoms with E-state index < -0.39 is 23.7 Å². The second kappa shape index (κ2) is 5.16. The molecule has 0 radical (unpaired) electrons. The van der Waals surface area contributed by atoms with Gasteiger partial charge in [-0.25, -0.2) is 4.79 Å². The zero-order valence-electron chi connectivity index (χ0n) is 13.3. The van der Waals surface area contributed by atoms with E-state index in [1.807, 2.05) is 18.2 Å². The van der Waals surface area contributed by atoms with Gasteiger partial charge in [0.15, 0.2) is 0 Å². The van der Waals surface area contributed by atoms with E-state index in [1.165, 1.54) is 0 Å². The molecule has 0 bridgehead atoms. The lowest BCUT2D eigenvalue weighted by Gasteiger charge is -2.34. The van der Waals surface area contributed by atoms with Gasteiger partial charge in [0, 0.05) is 42.0 Å². The lowest BCUT2D eigenvalue weighted by atomic mass is 9.94. The molecule has 0 spiro atoms. The normalized spacial score (nSPS) is 23.0. The Hall–Kier alpha value is -2.18. The van der Waals surface area contributed by atoms with Gasteiger partial charge < -0.3 is 24.9 Å². The van der Waals surface area contributed by atoms with Crippen molar-refractivity contribution in [3.8, 4) is 0 Å². The Morgan fingerprint density at radius 1 is 1.33 bits per heavy atom. The van der Waals surface area contributed by atoms with Gasteiger partial charge in [-0.15, -0.1) is 0 Å². The molecular weight excluding hydrogens is 332 g/mol. The predicted molar refractivity (Wildman–Crippen MR) is 88.7 cm³/mol. The van der Waals surface area contributed by atoms with E-state index in [0.29, 0.717) is 11.6 Å². The zero-order chi connectivity index (χ0) is 17.1. The van der Waals surface area contributed by atoms with Gasteiger partial charge in [0.05, 0.1) is 6.04 Å². The van der Waals surface area contributed by atoms with E-state index in [0.717, 1.165) is 28.6 Å². The van der Waals surface area contributed by atoms with Crippen LogP contribution in [0.15, 0.2) is 29.7 Å². The van der Waals surface area contributed by atoms with Crippen LogP contribution in [0.3, 0.4) is 0 Å². The Bertz CT molecular complexity index is 884. The monoisotopic (exact) mass is 348 g/mol. The fourth-order valence-electron chi connectivity index (χ4n) is 3.36. The second-order valence-corrected chi connectivity index (χ2v) is 6.89. The number of H-pyrrole nitrogens is 1. The number of aliphatic hydroxyl groups excluding tert-OH is 1. The smallest absolute Gasteiger partial charge is 0.346 e. The number of ether oxygens (including phenoxy) is 2. The maximum absolute atomic E-state index is 12.4. The summed E-state index contributed by atoms with van der Waals surface area (Å²) in [6.45, 7) is 3.80. The number of esters is 1. The first-order valence-electron chi connectivity index (χ1n) is 7.74. The Balaban J connectivity index is 1.85. The number of nitrogens with one attached hydrogen (secondary N) is 2. The second-order valence-electron chi connectivity index (χ2n) is 6.45. The molecule has 3 N–H and O–H groups in total. The molecule has 6 nitrogen and oxygen atoms in total. The lowest BCUT2D eigenvalue weighted by Crippen LogP contribution is -2.42. The van der Waals surface area contributed by atoms with Crippen LogP contribution in [0, 0.1) is 0 Å². The SMILES string of the molecule is CC1(C)OC(=O)C([C@@H]2NCCc3c2[nH]c2ccc(Cl)cc32)=C(O)O1. The number of benzene rings is 1. The van der Waals surface area contributed by atoms with Gasteiger partial charge >= 0.3 is 5.97 Å². The van der Waals surface area contributed by atoms with Crippen LogP contribution in [-0.2, 0) is 20.7 Å². The Morgan fingerprint density at radius 2 is 2.12 bits per heavy atom. The third-order valence-corrected chi connectivity index (χ3v) is 4.57. The molecule has 24 heavy (non-hydrogen) atoms. The highest BCUT2D eigenvalue weighted by Crippen LogP contribution is 2.38. The Kier molecular flexibility index (Phi) is 3.30. The van der Waals surface area contributed by atoms with Crippen LogP contribution >= 0.6 is 11.6 Å². The van der Waals surface area contributed by atoms with Crippen molar-refractivity contribution in [2.75, 3.05) is 6.54 Å². The van der Waals surface area contributed by atoms with Crippen LogP contribution in [0.1, 0.15) is 31.1 Å². The average molecular weight is 349 g/mol. The van der Waals surface area contributed by atoms with Gasteiger partial charge in [0.2, 0.25) is 0 Å². The minimum atomic E-state index is -1.18. The van der Waals surface area contributed by atoms with Gasteiger partial charge in [-0.05, 0) is 30.2 Å². The van der Waals surface area contributed by atoms with Crippen molar-refractivity contribution < 1.29 is 19.4 Å². The molecule has 0 saturated carbocycles. The molecule has 0 fully saturated rings. The summed E-state index contributed by atoms with van der Waals surface area (Å²) in [6, 6.07) is 5.09. The van der Waals surface area contributed by atoms with Gasteiger partial charge in [-0.1, -0.05) is 11.6 Å². The summed E-state index contributed by atoms with van der Waals surface area (Å²) >= 11 is 6.11. The van der Waals surface area contributed by atoms with Crippen LogP contribution in [0.4, 0.5) is 0 Å². The third-order valence-electron chi connectivity index (χ3n) is 4.33. The summed E-state index contributed by atoms with van der Waals surface area (Å²) in [5, 5.41) is 15.2. The lowest BCUT2D eigenvalue weighted by molar-refractivity contribution is -0.222. The molecule has 7 heteroatoms. The highest BCUT2D eigenvalue weighted by Gasteiger charge is 2.42. The molecule has 2 aliphatic rings. The average Bonchev–Trinajstić information content (AvgIpc) is 2.84. The van der Waals surface area contributed by atoms with Crippen molar-refractivity contribution >= 4 is 28.5 Å². The molecule has 1 aromatic heterocycles. The van der Waals surface area contributed by atoms with Crippen LogP contribution in [-0.4, -0.2) is 28.4 Å². The fourth-order valence-corrected chi connectivity index (χ4v) is 3.53. The van der Waals surface area contributed by atoms with E-state index in [-0.39, 0.29) is 5.57 Å².